The number of hydrazone groups is 1. The van der Waals surface area contributed by atoms with E-state index < -0.39 is 6.03 Å². The van der Waals surface area contributed by atoms with Crippen LogP contribution in [0.1, 0.15) is 11.3 Å². The van der Waals surface area contributed by atoms with Gasteiger partial charge in [-0.2, -0.15) is 5.10 Å². The van der Waals surface area contributed by atoms with Gasteiger partial charge in [-0.1, -0.05) is 28.1 Å². The smallest absolute Gasteiger partial charge is 0.332 e. The van der Waals surface area contributed by atoms with Gasteiger partial charge >= 0.3 is 6.03 Å². The van der Waals surface area contributed by atoms with E-state index in [-0.39, 0.29) is 0 Å². The monoisotopic (exact) mass is 321 g/mol. The zero-order chi connectivity index (χ0) is 13.8. The van der Waals surface area contributed by atoms with Gasteiger partial charge in [-0.05, 0) is 30.7 Å². The summed E-state index contributed by atoms with van der Waals surface area (Å²) < 4.78 is 6.60. The molecular weight excluding hydrogens is 310 g/mol. The molecule has 0 fully saturated rings. The highest BCUT2D eigenvalue weighted by Gasteiger charge is 2.05. The van der Waals surface area contributed by atoms with Crippen LogP contribution in [0.4, 0.5) is 4.79 Å². The normalized spacial score (nSPS) is 10.8. The van der Waals surface area contributed by atoms with Crippen molar-refractivity contribution < 1.29 is 9.21 Å². The zero-order valence-corrected chi connectivity index (χ0v) is 11.8. The van der Waals surface area contributed by atoms with Crippen molar-refractivity contribution in [1.82, 2.24) is 5.43 Å². The number of primary amides is 1. The summed E-state index contributed by atoms with van der Waals surface area (Å²) in [7, 11) is 0. The molecule has 0 unspecified atom stereocenters. The van der Waals surface area contributed by atoms with Crippen molar-refractivity contribution in [3.8, 4) is 11.3 Å². The molecular formula is C13H12BrN3O2. The van der Waals surface area contributed by atoms with Crippen molar-refractivity contribution in [2.24, 2.45) is 10.8 Å². The third kappa shape index (κ3) is 3.45. The van der Waals surface area contributed by atoms with Gasteiger partial charge in [0.2, 0.25) is 0 Å². The van der Waals surface area contributed by atoms with Crippen LogP contribution in [0.5, 0.6) is 0 Å². The number of furan rings is 1. The molecule has 0 saturated carbocycles. The molecule has 0 aliphatic rings. The first-order valence-electron chi connectivity index (χ1n) is 5.51. The Morgan fingerprint density at radius 3 is 2.89 bits per heavy atom. The molecule has 98 valence electrons. The molecule has 0 atom stereocenters. The molecule has 2 amide bonds. The van der Waals surface area contributed by atoms with Crippen molar-refractivity contribution in [2.45, 2.75) is 6.92 Å². The van der Waals surface area contributed by atoms with Crippen LogP contribution in [0.15, 0.2) is 44.3 Å². The van der Waals surface area contributed by atoms with Gasteiger partial charge in [0.15, 0.2) is 0 Å². The lowest BCUT2D eigenvalue weighted by molar-refractivity contribution is 0.249. The molecule has 1 aromatic heterocycles. The third-order valence-electron chi connectivity index (χ3n) is 2.45. The van der Waals surface area contributed by atoms with Gasteiger partial charge in [-0.15, -0.1) is 0 Å². The summed E-state index contributed by atoms with van der Waals surface area (Å²) in [6.07, 6.45) is 1.39. The summed E-state index contributed by atoms with van der Waals surface area (Å²) in [5.41, 5.74) is 9.10. The van der Waals surface area contributed by atoms with Crippen LogP contribution in [0.3, 0.4) is 0 Å². The number of hydrogen-bond acceptors (Lipinski definition) is 3. The number of hydrogen-bond donors (Lipinski definition) is 2. The topological polar surface area (TPSA) is 80.6 Å². The quantitative estimate of drug-likeness (QED) is 0.673. The van der Waals surface area contributed by atoms with E-state index in [2.05, 4.69) is 26.5 Å². The molecule has 0 spiro atoms. The summed E-state index contributed by atoms with van der Waals surface area (Å²) in [5.74, 6) is 1.25. The Hall–Kier alpha value is -2.08. The number of carbonyl (C=O) groups is 1. The van der Waals surface area contributed by atoms with E-state index in [0.29, 0.717) is 5.76 Å². The molecule has 5 nitrogen and oxygen atoms in total. The Labute approximate surface area is 118 Å². The fourth-order valence-corrected chi connectivity index (χ4v) is 1.86. The van der Waals surface area contributed by atoms with Gasteiger partial charge in [0.05, 0.1) is 6.21 Å². The number of amides is 2. The van der Waals surface area contributed by atoms with Gasteiger partial charge in [-0.25, -0.2) is 10.2 Å². The van der Waals surface area contributed by atoms with Crippen LogP contribution in [0, 0.1) is 6.92 Å². The van der Waals surface area contributed by atoms with E-state index in [1.54, 1.807) is 6.07 Å². The first-order chi connectivity index (χ1) is 9.06. The van der Waals surface area contributed by atoms with Crippen molar-refractivity contribution in [3.63, 3.8) is 0 Å². The summed E-state index contributed by atoms with van der Waals surface area (Å²) in [6.45, 7) is 2.02. The van der Waals surface area contributed by atoms with Gasteiger partial charge in [-0.3, -0.25) is 0 Å². The zero-order valence-electron chi connectivity index (χ0n) is 10.2. The van der Waals surface area contributed by atoms with Crippen molar-refractivity contribution >= 4 is 28.2 Å². The van der Waals surface area contributed by atoms with Crippen LogP contribution >= 0.6 is 15.9 Å². The highest BCUT2D eigenvalue weighted by Crippen LogP contribution is 2.26. The predicted octanol–water partition coefficient (Wildman–Crippen LogP) is 3.02. The summed E-state index contributed by atoms with van der Waals surface area (Å²) in [4.78, 5) is 10.4. The van der Waals surface area contributed by atoms with Crippen LogP contribution in [-0.4, -0.2) is 12.2 Å². The maximum atomic E-state index is 10.4. The second-order valence-corrected chi connectivity index (χ2v) is 4.75. The fraction of sp³-hybridized carbons (Fsp3) is 0.0769. The van der Waals surface area contributed by atoms with Crippen LogP contribution < -0.4 is 11.2 Å². The SMILES string of the molecule is Cc1ccc(-c2ccc(/C=N\NC(N)=O)o2)cc1Br. The second-order valence-electron chi connectivity index (χ2n) is 3.90. The fourth-order valence-electron chi connectivity index (χ4n) is 1.48. The molecule has 3 N–H and O–H groups in total. The summed E-state index contributed by atoms with van der Waals surface area (Å²) >= 11 is 3.48. The van der Waals surface area contributed by atoms with E-state index in [9.17, 15) is 4.79 Å². The molecule has 1 aromatic carbocycles. The molecule has 0 radical (unpaired) electrons. The lowest BCUT2D eigenvalue weighted by Gasteiger charge is -2.01. The van der Waals surface area contributed by atoms with Crippen LogP contribution in [0.2, 0.25) is 0 Å². The molecule has 0 aliphatic carbocycles. The second kappa shape index (κ2) is 5.71. The predicted molar refractivity (Wildman–Crippen MR) is 76.9 cm³/mol. The molecule has 0 bridgehead atoms. The van der Waals surface area contributed by atoms with E-state index in [1.807, 2.05) is 31.2 Å². The largest absolute Gasteiger partial charge is 0.455 e. The molecule has 0 saturated heterocycles. The number of benzene rings is 1. The van der Waals surface area contributed by atoms with E-state index in [0.717, 1.165) is 21.4 Å². The summed E-state index contributed by atoms with van der Waals surface area (Å²) in [6, 6.07) is 8.84. The van der Waals surface area contributed by atoms with Gasteiger partial charge in [0.1, 0.15) is 11.5 Å². The Morgan fingerprint density at radius 1 is 1.42 bits per heavy atom. The third-order valence-corrected chi connectivity index (χ3v) is 3.30. The van der Waals surface area contributed by atoms with Crippen LogP contribution in [-0.2, 0) is 0 Å². The number of urea groups is 1. The first kappa shape index (κ1) is 13.4. The van der Waals surface area contributed by atoms with Crippen molar-refractivity contribution in [3.05, 3.63) is 46.1 Å². The number of aryl methyl sites for hydroxylation is 1. The number of halogens is 1. The number of nitrogens with one attached hydrogen (secondary N) is 1. The van der Waals surface area contributed by atoms with E-state index in [4.69, 9.17) is 10.2 Å². The molecule has 2 aromatic rings. The number of rotatable bonds is 3. The standard InChI is InChI=1S/C13H12BrN3O2/c1-8-2-3-9(6-11(8)14)12-5-4-10(19-12)7-16-17-13(15)18/h2-7H,1H3,(H3,15,17,18)/b16-7-. The van der Waals surface area contributed by atoms with Crippen LogP contribution in [0.25, 0.3) is 11.3 Å². The Balaban J connectivity index is 2.18. The number of nitrogens with zero attached hydrogens (tertiary/aromatic N) is 1. The number of carbonyl (C=O) groups excluding carboxylic acids is 1. The average Bonchev–Trinajstić information content (AvgIpc) is 2.81. The minimum absolute atomic E-state index is 0.528. The Morgan fingerprint density at radius 2 is 2.21 bits per heavy atom. The lowest BCUT2D eigenvalue weighted by atomic mass is 10.1. The Bertz CT molecular complexity index is 635. The highest BCUT2D eigenvalue weighted by molar-refractivity contribution is 9.10. The van der Waals surface area contributed by atoms with Crippen molar-refractivity contribution in [1.29, 1.82) is 0 Å². The molecule has 0 aliphatic heterocycles. The van der Waals surface area contributed by atoms with Crippen molar-refractivity contribution in [2.75, 3.05) is 0 Å². The summed E-state index contributed by atoms with van der Waals surface area (Å²) in [5, 5.41) is 3.63. The minimum atomic E-state index is -0.717. The number of nitrogens with two attached hydrogens (primary N) is 1. The first-order valence-corrected chi connectivity index (χ1v) is 6.30. The highest BCUT2D eigenvalue weighted by atomic mass is 79.9. The lowest BCUT2D eigenvalue weighted by Crippen LogP contribution is -2.24. The minimum Gasteiger partial charge on any atom is -0.455 e. The maximum absolute atomic E-state index is 10.4. The average molecular weight is 322 g/mol. The maximum Gasteiger partial charge on any atom is 0.332 e. The van der Waals surface area contributed by atoms with E-state index in [1.165, 1.54) is 6.21 Å². The van der Waals surface area contributed by atoms with Gasteiger partial charge in [0, 0.05) is 10.0 Å². The van der Waals surface area contributed by atoms with Gasteiger partial charge < -0.3 is 10.2 Å². The van der Waals surface area contributed by atoms with E-state index >= 15 is 0 Å². The molecule has 19 heavy (non-hydrogen) atoms. The molecule has 2 rings (SSSR count). The molecule has 1 heterocycles. The Kier molecular flexibility index (Phi) is 4.01. The molecule has 6 heteroatoms. The van der Waals surface area contributed by atoms with Gasteiger partial charge in [0.25, 0.3) is 0 Å².